The van der Waals surface area contributed by atoms with Gasteiger partial charge in [-0.1, -0.05) is 56.7 Å². The SMILES string of the molecule is CC[C@H](C)[C@H](NS(=O)(=O)Cc1ccc(C(=O)O)cc1)C(=O)N[C@@H](CCC(N)=O)C(=O)NCc1ccc(C(=N)N)cc1. The topological polar surface area (TPSA) is 235 Å². The molecule has 222 valence electrons. The van der Waals surface area contributed by atoms with E-state index in [2.05, 4.69) is 15.4 Å². The monoisotopic (exact) mass is 588 g/mol. The largest absolute Gasteiger partial charge is 0.478 e. The third-order valence-corrected chi connectivity index (χ3v) is 7.73. The van der Waals surface area contributed by atoms with Crippen molar-refractivity contribution >= 4 is 39.5 Å². The molecular weight excluding hydrogens is 552 g/mol. The van der Waals surface area contributed by atoms with Gasteiger partial charge in [0.15, 0.2) is 0 Å². The predicted octanol–water partition coefficient (Wildman–Crippen LogP) is 0.570. The number of carboxylic acids is 1. The number of nitrogens with two attached hydrogens (primary N) is 2. The molecule has 0 aliphatic rings. The van der Waals surface area contributed by atoms with E-state index in [9.17, 15) is 27.6 Å². The van der Waals surface area contributed by atoms with Crippen LogP contribution >= 0.6 is 0 Å². The predicted molar refractivity (Wildman–Crippen MR) is 152 cm³/mol. The Labute approximate surface area is 238 Å². The molecule has 9 N–H and O–H groups in total. The van der Waals surface area contributed by atoms with Gasteiger partial charge in [0.1, 0.15) is 17.9 Å². The quantitative estimate of drug-likeness (QED) is 0.108. The Kier molecular flexibility index (Phi) is 12.0. The first-order valence-corrected chi connectivity index (χ1v) is 14.5. The van der Waals surface area contributed by atoms with Gasteiger partial charge in [0, 0.05) is 18.5 Å². The van der Waals surface area contributed by atoms with Crippen LogP contribution in [-0.2, 0) is 36.7 Å². The van der Waals surface area contributed by atoms with Crippen LogP contribution in [0.3, 0.4) is 0 Å². The first-order chi connectivity index (χ1) is 19.2. The Morgan fingerprint density at radius 2 is 1.49 bits per heavy atom. The van der Waals surface area contributed by atoms with Gasteiger partial charge < -0.3 is 27.2 Å². The molecule has 13 nitrogen and oxygen atoms in total. The van der Waals surface area contributed by atoms with Crippen LogP contribution in [0.5, 0.6) is 0 Å². The number of carbonyl (C=O) groups excluding carboxylic acids is 3. The molecule has 0 aliphatic heterocycles. The molecule has 2 aromatic rings. The number of nitrogen functional groups attached to an aromatic ring is 1. The summed E-state index contributed by atoms with van der Waals surface area (Å²) in [5.74, 6) is -4.23. The van der Waals surface area contributed by atoms with Gasteiger partial charge in [-0.15, -0.1) is 0 Å². The minimum atomic E-state index is -4.06. The van der Waals surface area contributed by atoms with Gasteiger partial charge in [-0.25, -0.2) is 17.9 Å². The summed E-state index contributed by atoms with van der Waals surface area (Å²) in [6.07, 6.45) is 0.131. The van der Waals surface area contributed by atoms with Gasteiger partial charge in [-0.2, -0.15) is 0 Å². The number of amides is 3. The standard InChI is InChI=1S/C27H36N6O7S/c1-3-16(2)23(33-41(39,40)15-18-6-10-20(11-7-18)27(37)38)26(36)32-21(12-13-22(28)34)25(35)31-14-17-4-8-19(9-5-17)24(29)30/h4-11,16,21,23,33H,3,12-15H2,1-2H3,(H2,28,34)(H3,29,30)(H,31,35)(H,32,36)(H,37,38)/t16-,21-,23-/m0/s1. The first-order valence-electron chi connectivity index (χ1n) is 12.8. The molecule has 3 amide bonds. The van der Waals surface area contributed by atoms with Gasteiger partial charge in [-0.05, 0) is 35.6 Å². The molecule has 0 aromatic heterocycles. The van der Waals surface area contributed by atoms with Crippen molar-refractivity contribution in [2.75, 3.05) is 0 Å². The Balaban J connectivity index is 2.15. The maximum atomic E-state index is 13.3. The second-order valence-electron chi connectivity index (χ2n) is 9.64. The van der Waals surface area contributed by atoms with E-state index >= 15 is 0 Å². The number of hydrogen-bond donors (Lipinski definition) is 7. The van der Waals surface area contributed by atoms with Crippen LogP contribution < -0.4 is 26.8 Å². The van der Waals surface area contributed by atoms with Crippen molar-refractivity contribution in [3.8, 4) is 0 Å². The van der Waals surface area contributed by atoms with E-state index in [1.54, 1.807) is 38.1 Å². The molecule has 2 aromatic carbocycles. The number of aromatic carboxylic acids is 1. The van der Waals surface area contributed by atoms with E-state index in [4.69, 9.17) is 22.0 Å². The van der Waals surface area contributed by atoms with E-state index < -0.39 is 57.5 Å². The zero-order chi connectivity index (χ0) is 30.7. The maximum absolute atomic E-state index is 13.3. The molecule has 0 aliphatic carbocycles. The highest BCUT2D eigenvalue weighted by Crippen LogP contribution is 2.14. The number of primary amides is 1. The third-order valence-electron chi connectivity index (χ3n) is 6.40. The summed E-state index contributed by atoms with van der Waals surface area (Å²) in [5, 5.41) is 21.7. The summed E-state index contributed by atoms with van der Waals surface area (Å²) in [6.45, 7) is 3.54. The highest BCUT2D eigenvalue weighted by molar-refractivity contribution is 7.88. The molecule has 0 radical (unpaired) electrons. The van der Waals surface area contributed by atoms with E-state index in [1.165, 1.54) is 24.3 Å². The molecule has 3 atom stereocenters. The molecule has 0 heterocycles. The highest BCUT2D eigenvalue weighted by atomic mass is 32.2. The van der Waals surface area contributed by atoms with Crippen LogP contribution in [0.1, 0.15) is 60.2 Å². The van der Waals surface area contributed by atoms with Gasteiger partial charge in [0.2, 0.25) is 27.7 Å². The lowest BCUT2D eigenvalue weighted by Gasteiger charge is -2.26. The minimum absolute atomic E-state index is 0.00400. The Morgan fingerprint density at radius 3 is 2.00 bits per heavy atom. The van der Waals surface area contributed by atoms with Gasteiger partial charge in [0.05, 0.1) is 11.3 Å². The van der Waals surface area contributed by atoms with Crippen molar-refractivity contribution in [2.24, 2.45) is 17.4 Å². The fraction of sp³-hybridized carbons (Fsp3) is 0.370. The summed E-state index contributed by atoms with van der Waals surface area (Å²) >= 11 is 0. The first kappa shape index (κ1) is 32.9. The number of carboxylic acid groups (broad SMARTS) is 1. The Hall–Kier alpha value is -4.30. The van der Waals surface area contributed by atoms with Gasteiger partial charge in [-0.3, -0.25) is 19.8 Å². The van der Waals surface area contributed by atoms with Crippen LogP contribution in [0, 0.1) is 11.3 Å². The van der Waals surface area contributed by atoms with Crippen LogP contribution in [0.15, 0.2) is 48.5 Å². The number of benzene rings is 2. The van der Waals surface area contributed by atoms with Crippen molar-refractivity contribution in [1.82, 2.24) is 15.4 Å². The van der Waals surface area contributed by atoms with Crippen LogP contribution in [-0.4, -0.2) is 55.1 Å². The smallest absolute Gasteiger partial charge is 0.335 e. The number of sulfonamides is 1. The van der Waals surface area contributed by atoms with Crippen LogP contribution in [0.4, 0.5) is 0 Å². The molecule has 0 saturated heterocycles. The number of nitrogens with one attached hydrogen (secondary N) is 4. The molecule has 0 unspecified atom stereocenters. The zero-order valence-electron chi connectivity index (χ0n) is 22.8. The van der Waals surface area contributed by atoms with Crippen molar-refractivity contribution in [3.05, 3.63) is 70.8 Å². The Morgan fingerprint density at radius 1 is 0.927 bits per heavy atom. The van der Waals surface area contributed by atoms with E-state index in [0.29, 0.717) is 23.1 Å². The lowest BCUT2D eigenvalue weighted by atomic mass is 9.98. The summed E-state index contributed by atoms with van der Waals surface area (Å²) < 4.78 is 28.3. The summed E-state index contributed by atoms with van der Waals surface area (Å²) in [5.41, 5.74) is 12.2. The van der Waals surface area contributed by atoms with Crippen LogP contribution in [0.25, 0.3) is 0 Å². The maximum Gasteiger partial charge on any atom is 0.335 e. The second kappa shape index (κ2) is 14.9. The molecule has 0 fully saturated rings. The fourth-order valence-corrected chi connectivity index (χ4v) is 5.23. The number of amidine groups is 1. The van der Waals surface area contributed by atoms with Crippen molar-refractivity contribution in [3.63, 3.8) is 0 Å². The van der Waals surface area contributed by atoms with Gasteiger partial charge >= 0.3 is 5.97 Å². The normalized spacial score (nSPS) is 13.4. The van der Waals surface area contributed by atoms with Gasteiger partial charge in [0.25, 0.3) is 0 Å². The average Bonchev–Trinajstić information content (AvgIpc) is 2.92. The molecule has 14 heteroatoms. The molecular formula is C27H36N6O7S. The number of hydrogen-bond acceptors (Lipinski definition) is 7. The van der Waals surface area contributed by atoms with E-state index in [0.717, 1.165) is 0 Å². The van der Waals surface area contributed by atoms with Crippen molar-refractivity contribution in [1.29, 1.82) is 5.41 Å². The molecule has 0 saturated carbocycles. The summed E-state index contributed by atoms with van der Waals surface area (Å²) in [4.78, 5) is 48.8. The van der Waals surface area contributed by atoms with E-state index in [-0.39, 0.29) is 30.8 Å². The lowest BCUT2D eigenvalue weighted by Crippen LogP contribution is -2.55. The average molecular weight is 589 g/mol. The third kappa shape index (κ3) is 10.7. The Bertz CT molecular complexity index is 1360. The molecule has 0 spiro atoms. The number of carbonyl (C=O) groups is 4. The van der Waals surface area contributed by atoms with Crippen molar-refractivity contribution < 1.29 is 32.7 Å². The highest BCUT2D eigenvalue weighted by Gasteiger charge is 2.32. The number of rotatable bonds is 16. The summed E-state index contributed by atoms with van der Waals surface area (Å²) in [6, 6.07) is 9.51. The van der Waals surface area contributed by atoms with Crippen LogP contribution in [0.2, 0.25) is 0 Å². The zero-order valence-corrected chi connectivity index (χ0v) is 23.7. The lowest BCUT2D eigenvalue weighted by molar-refractivity contribution is -0.131. The molecule has 2 rings (SSSR count). The summed E-state index contributed by atoms with van der Waals surface area (Å²) in [7, 11) is -4.06. The molecule has 41 heavy (non-hydrogen) atoms. The molecule has 0 bridgehead atoms. The van der Waals surface area contributed by atoms with E-state index in [1.807, 2.05) is 0 Å². The fourth-order valence-electron chi connectivity index (χ4n) is 3.79. The minimum Gasteiger partial charge on any atom is -0.478 e. The van der Waals surface area contributed by atoms with Crippen molar-refractivity contribution in [2.45, 2.75) is 57.5 Å². The second-order valence-corrected chi connectivity index (χ2v) is 11.4.